The van der Waals surface area contributed by atoms with E-state index < -0.39 is 0 Å². The first-order chi connectivity index (χ1) is 11.8. The maximum absolute atomic E-state index is 11.9. The molecule has 2 aromatic rings. The Kier molecular flexibility index (Phi) is 7.88. The third-order valence-corrected chi connectivity index (χ3v) is 3.87. The van der Waals surface area contributed by atoms with Gasteiger partial charge in [0.2, 0.25) is 5.91 Å². The zero-order valence-corrected chi connectivity index (χ0v) is 14.5. The lowest BCUT2D eigenvalue weighted by molar-refractivity contribution is -0.116. The molecule has 0 radical (unpaired) electrons. The monoisotopic (exact) mass is 325 g/mol. The molecule has 3 heteroatoms. The standard InChI is InChI=1S/C21H27NO2/c1-2-3-4-5-6-10-13-21(23)22-18-14-16-20(17-15-18)24-19-11-8-7-9-12-19/h7-9,11-12,14-17H,2-6,10,13H2,1H3,(H,22,23). The van der Waals surface area contributed by atoms with Gasteiger partial charge in [0.05, 0.1) is 0 Å². The Morgan fingerprint density at radius 3 is 2.17 bits per heavy atom. The molecule has 0 spiro atoms. The van der Waals surface area contributed by atoms with Crippen LogP contribution in [0.4, 0.5) is 5.69 Å². The van der Waals surface area contributed by atoms with Crippen molar-refractivity contribution in [3.8, 4) is 11.5 Å². The van der Waals surface area contributed by atoms with Crippen molar-refractivity contribution in [2.24, 2.45) is 0 Å². The first-order valence-corrected chi connectivity index (χ1v) is 8.91. The van der Waals surface area contributed by atoms with Crippen molar-refractivity contribution in [1.82, 2.24) is 0 Å². The van der Waals surface area contributed by atoms with E-state index in [4.69, 9.17) is 4.74 Å². The number of carbonyl (C=O) groups is 1. The molecule has 0 aliphatic heterocycles. The molecule has 0 saturated heterocycles. The fraction of sp³-hybridized carbons (Fsp3) is 0.381. The summed E-state index contributed by atoms with van der Waals surface area (Å²) in [7, 11) is 0. The first-order valence-electron chi connectivity index (χ1n) is 8.91. The van der Waals surface area contributed by atoms with Gasteiger partial charge in [-0.3, -0.25) is 4.79 Å². The summed E-state index contributed by atoms with van der Waals surface area (Å²) in [6.45, 7) is 2.21. The molecule has 0 bridgehead atoms. The molecular weight excluding hydrogens is 298 g/mol. The highest BCUT2D eigenvalue weighted by atomic mass is 16.5. The van der Waals surface area contributed by atoms with Crippen molar-refractivity contribution >= 4 is 11.6 Å². The lowest BCUT2D eigenvalue weighted by Crippen LogP contribution is -2.10. The van der Waals surface area contributed by atoms with Crippen molar-refractivity contribution < 1.29 is 9.53 Å². The molecular formula is C21H27NO2. The first kappa shape index (κ1) is 18.1. The van der Waals surface area contributed by atoms with Gasteiger partial charge < -0.3 is 10.1 Å². The van der Waals surface area contributed by atoms with E-state index in [1.807, 2.05) is 54.6 Å². The molecule has 0 aliphatic rings. The van der Waals surface area contributed by atoms with Gasteiger partial charge >= 0.3 is 0 Å². The Hall–Kier alpha value is -2.29. The molecule has 2 aromatic carbocycles. The van der Waals surface area contributed by atoms with Crippen LogP contribution in [0.5, 0.6) is 11.5 Å². The number of anilines is 1. The van der Waals surface area contributed by atoms with Crippen molar-refractivity contribution in [3.05, 3.63) is 54.6 Å². The Bertz CT molecular complexity index is 593. The number of benzene rings is 2. The number of amides is 1. The van der Waals surface area contributed by atoms with E-state index in [1.165, 1.54) is 25.7 Å². The maximum Gasteiger partial charge on any atom is 0.224 e. The normalized spacial score (nSPS) is 10.4. The van der Waals surface area contributed by atoms with Gasteiger partial charge in [0.25, 0.3) is 0 Å². The van der Waals surface area contributed by atoms with Gasteiger partial charge in [-0.1, -0.05) is 57.2 Å². The predicted molar refractivity (Wildman–Crippen MR) is 99.6 cm³/mol. The number of unbranched alkanes of at least 4 members (excludes halogenated alkanes) is 5. The molecule has 0 aromatic heterocycles. The molecule has 0 unspecified atom stereocenters. The molecule has 2 rings (SSSR count). The van der Waals surface area contributed by atoms with Crippen LogP contribution in [-0.4, -0.2) is 5.91 Å². The van der Waals surface area contributed by atoms with E-state index in [1.54, 1.807) is 0 Å². The Morgan fingerprint density at radius 1 is 0.833 bits per heavy atom. The fourth-order valence-electron chi connectivity index (χ4n) is 2.52. The number of ether oxygens (including phenoxy) is 1. The minimum atomic E-state index is 0.0854. The summed E-state index contributed by atoms with van der Waals surface area (Å²) in [6.07, 6.45) is 7.75. The van der Waals surface area contributed by atoms with Crippen LogP contribution < -0.4 is 10.1 Å². The summed E-state index contributed by atoms with van der Waals surface area (Å²) < 4.78 is 5.74. The summed E-state index contributed by atoms with van der Waals surface area (Å²) in [6, 6.07) is 17.1. The molecule has 0 saturated carbocycles. The quantitative estimate of drug-likeness (QED) is 0.531. The van der Waals surface area contributed by atoms with E-state index in [2.05, 4.69) is 12.2 Å². The van der Waals surface area contributed by atoms with Crippen LogP contribution in [0.3, 0.4) is 0 Å². The average molecular weight is 325 g/mol. The van der Waals surface area contributed by atoms with Crippen LogP contribution in [0.1, 0.15) is 51.9 Å². The van der Waals surface area contributed by atoms with Gasteiger partial charge in [-0.2, -0.15) is 0 Å². The van der Waals surface area contributed by atoms with Gasteiger partial charge in [-0.15, -0.1) is 0 Å². The predicted octanol–water partition coefficient (Wildman–Crippen LogP) is 6.17. The second-order valence-electron chi connectivity index (χ2n) is 6.01. The molecule has 0 atom stereocenters. The highest BCUT2D eigenvalue weighted by Crippen LogP contribution is 2.22. The number of hydrogen-bond acceptors (Lipinski definition) is 2. The van der Waals surface area contributed by atoms with Crippen molar-refractivity contribution in [1.29, 1.82) is 0 Å². The fourth-order valence-corrected chi connectivity index (χ4v) is 2.52. The molecule has 1 N–H and O–H groups in total. The van der Waals surface area contributed by atoms with Gasteiger partial charge in [0.1, 0.15) is 11.5 Å². The summed E-state index contributed by atoms with van der Waals surface area (Å²) >= 11 is 0. The van der Waals surface area contributed by atoms with Crippen molar-refractivity contribution in [2.75, 3.05) is 5.32 Å². The molecule has 0 fully saturated rings. The third kappa shape index (κ3) is 6.86. The summed E-state index contributed by atoms with van der Waals surface area (Å²) in [5.41, 5.74) is 0.811. The molecule has 0 heterocycles. The molecule has 1 amide bonds. The highest BCUT2D eigenvalue weighted by molar-refractivity contribution is 5.90. The lowest BCUT2D eigenvalue weighted by atomic mass is 10.1. The zero-order chi connectivity index (χ0) is 17.0. The smallest absolute Gasteiger partial charge is 0.224 e. The van der Waals surface area contributed by atoms with Crippen molar-refractivity contribution in [2.45, 2.75) is 51.9 Å². The van der Waals surface area contributed by atoms with Gasteiger partial charge in [-0.25, -0.2) is 0 Å². The summed E-state index contributed by atoms with van der Waals surface area (Å²) in [4.78, 5) is 11.9. The number of nitrogens with one attached hydrogen (secondary N) is 1. The summed E-state index contributed by atoms with van der Waals surface area (Å²) in [5.74, 6) is 1.65. The SMILES string of the molecule is CCCCCCCCC(=O)Nc1ccc(Oc2ccccc2)cc1. The van der Waals surface area contributed by atoms with Crippen LogP contribution >= 0.6 is 0 Å². The maximum atomic E-state index is 11.9. The van der Waals surface area contributed by atoms with Crippen molar-refractivity contribution in [3.63, 3.8) is 0 Å². The van der Waals surface area contributed by atoms with Crippen LogP contribution in [-0.2, 0) is 4.79 Å². The van der Waals surface area contributed by atoms with Crippen LogP contribution in [0, 0.1) is 0 Å². The third-order valence-electron chi connectivity index (χ3n) is 3.87. The minimum Gasteiger partial charge on any atom is -0.457 e. The van der Waals surface area contributed by atoms with Gasteiger partial charge in [0.15, 0.2) is 0 Å². The number of hydrogen-bond donors (Lipinski definition) is 1. The summed E-state index contributed by atoms with van der Waals surface area (Å²) in [5, 5.41) is 2.94. The van der Waals surface area contributed by atoms with Gasteiger partial charge in [-0.05, 0) is 42.8 Å². The molecule has 128 valence electrons. The van der Waals surface area contributed by atoms with E-state index in [0.29, 0.717) is 6.42 Å². The Balaban J connectivity index is 1.70. The van der Waals surface area contributed by atoms with Crippen LogP contribution in [0.2, 0.25) is 0 Å². The largest absolute Gasteiger partial charge is 0.457 e. The highest BCUT2D eigenvalue weighted by Gasteiger charge is 2.03. The second-order valence-corrected chi connectivity index (χ2v) is 6.01. The van der Waals surface area contributed by atoms with E-state index in [-0.39, 0.29) is 5.91 Å². The van der Waals surface area contributed by atoms with Crippen LogP contribution in [0.25, 0.3) is 0 Å². The van der Waals surface area contributed by atoms with Crippen LogP contribution in [0.15, 0.2) is 54.6 Å². The van der Waals surface area contributed by atoms with E-state index in [0.717, 1.165) is 30.0 Å². The zero-order valence-electron chi connectivity index (χ0n) is 14.5. The van der Waals surface area contributed by atoms with E-state index >= 15 is 0 Å². The lowest BCUT2D eigenvalue weighted by Gasteiger charge is -2.08. The number of para-hydroxylation sites is 1. The molecule has 24 heavy (non-hydrogen) atoms. The topological polar surface area (TPSA) is 38.3 Å². The average Bonchev–Trinajstić information content (AvgIpc) is 2.61. The molecule has 0 aliphatic carbocycles. The Labute approximate surface area is 145 Å². The minimum absolute atomic E-state index is 0.0854. The number of rotatable bonds is 10. The van der Waals surface area contributed by atoms with E-state index in [9.17, 15) is 4.79 Å². The Morgan fingerprint density at radius 2 is 1.46 bits per heavy atom. The second kappa shape index (κ2) is 10.5. The van der Waals surface area contributed by atoms with Gasteiger partial charge in [0, 0.05) is 12.1 Å². The molecule has 3 nitrogen and oxygen atoms in total. The number of carbonyl (C=O) groups excluding carboxylic acids is 1.